The molecule has 0 bridgehead atoms. The molecule has 1 aromatic rings. The Labute approximate surface area is 97.8 Å². The molecule has 2 unspecified atom stereocenters. The van der Waals surface area contributed by atoms with Gasteiger partial charge in [-0.1, -0.05) is 6.07 Å². The second-order valence-electron chi connectivity index (χ2n) is 4.19. The fourth-order valence-corrected chi connectivity index (χ4v) is 2.18. The smallest absolute Gasteiger partial charge is 0.319 e. The van der Waals surface area contributed by atoms with Gasteiger partial charge in [0.05, 0.1) is 7.11 Å². The minimum absolute atomic E-state index is 0.167. The van der Waals surface area contributed by atoms with Crippen LogP contribution in [0.5, 0.6) is 0 Å². The van der Waals surface area contributed by atoms with Gasteiger partial charge >= 0.3 is 5.97 Å². The molecule has 17 heavy (non-hydrogen) atoms. The fraction of sp³-hybridized carbons (Fsp3) is 0.417. The van der Waals surface area contributed by atoms with Crippen molar-refractivity contribution in [1.29, 1.82) is 0 Å². The van der Waals surface area contributed by atoms with Gasteiger partial charge in [0.25, 0.3) is 0 Å². The molecular weight excluding hydrogens is 228 g/mol. The largest absolute Gasteiger partial charge is 0.468 e. The lowest BCUT2D eigenvalue weighted by Crippen LogP contribution is -2.68. The molecule has 1 saturated heterocycles. The number of halogens is 2. The molecule has 92 valence electrons. The third-order valence-corrected chi connectivity index (χ3v) is 3.41. The molecule has 1 heterocycles. The van der Waals surface area contributed by atoms with Crippen molar-refractivity contribution in [3.63, 3.8) is 0 Å². The summed E-state index contributed by atoms with van der Waals surface area (Å²) in [6.45, 7) is 2.17. The highest BCUT2D eigenvalue weighted by molar-refractivity contribution is 5.86. The van der Waals surface area contributed by atoms with E-state index in [0.717, 1.165) is 12.1 Å². The molecule has 0 saturated carbocycles. The van der Waals surface area contributed by atoms with Gasteiger partial charge in [-0.3, -0.25) is 4.79 Å². The monoisotopic (exact) mass is 241 g/mol. The van der Waals surface area contributed by atoms with Gasteiger partial charge in [0, 0.05) is 12.6 Å². The lowest BCUT2D eigenvalue weighted by Gasteiger charge is -2.46. The summed E-state index contributed by atoms with van der Waals surface area (Å²) >= 11 is 0. The second kappa shape index (κ2) is 4.07. The highest BCUT2D eigenvalue weighted by Crippen LogP contribution is 2.35. The molecule has 2 rings (SSSR count). The number of carbonyl (C=O) groups is 1. The van der Waals surface area contributed by atoms with E-state index < -0.39 is 23.0 Å². The van der Waals surface area contributed by atoms with Crippen molar-refractivity contribution in [3.8, 4) is 0 Å². The number of nitrogens with one attached hydrogen (secondary N) is 1. The second-order valence-corrected chi connectivity index (χ2v) is 4.19. The molecule has 2 atom stereocenters. The number of hydrogen-bond donors (Lipinski definition) is 1. The maximum Gasteiger partial charge on any atom is 0.319 e. The molecular formula is C12H13F2NO2. The Morgan fingerprint density at radius 2 is 2.18 bits per heavy atom. The first-order valence-electron chi connectivity index (χ1n) is 5.29. The van der Waals surface area contributed by atoms with Gasteiger partial charge < -0.3 is 10.1 Å². The van der Waals surface area contributed by atoms with Gasteiger partial charge in [0.15, 0.2) is 11.6 Å². The molecule has 1 aliphatic heterocycles. The first-order valence-corrected chi connectivity index (χ1v) is 5.29. The van der Waals surface area contributed by atoms with Crippen LogP contribution >= 0.6 is 0 Å². The average Bonchev–Trinajstić information content (AvgIpc) is 2.32. The average molecular weight is 241 g/mol. The zero-order valence-corrected chi connectivity index (χ0v) is 9.59. The molecule has 5 heteroatoms. The Morgan fingerprint density at radius 1 is 1.47 bits per heavy atom. The van der Waals surface area contributed by atoms with Crippen LogP contribution in [0.15, 0.2) is 18.2 Å². The lowest BCUT2D eigenvalue weighted by atomic mass is 9.69. The van der Waals surface area contributed by atoms with E-state index in [1.165, 1.54) is 13.2 Å². The van der Waals surface area contributed by atoms with E-state index in [-0.39, 0.29) is 6.04 Å². The highest BCUT2D eigenvalue weighted by Gasteiger charge is 2.53. The summed E-state index contributed by atoms with van der Waals surface area (Å²) in [5.41, 5.74) is -0.474. The molecule has 0 amide bonds. The summed E-state index contributed by atoms with van der Waals surface area (Å²) < 4.78 is 30.9. The van der Waals surface area contributed by atoms with Crippen LogP contribution < -0.4 is 5.32 Å². The molecule has 0 aliphatic carbocycles. The van der Waals surface area contributed by atoms with Gasteiger partial charge in [-0.05, 0) is 24.6 Å². The Hall–Kier alpha value is -1.49. The maximum atomic E-state index is 13.2. The summed E-state index contributed by atoms with van der Waals surface area (Å²) in [7, 11) is 1.29. The van der Waals surface area contributed by atoms with Crippen molar-refractivity contribution >= 4 is 5.97 Å². The van der Waals surface area contributed by atoms with E-state index in [0.29, 0.717) is 12.1 Å². The van der Waals surface area contributed by atoms with Gasteiger partial charge in [-0.15, -0.1) is 0 Å². The number of rotatable bonds is 2. The van der Waals surface area contributed by atoms with Crippen LogP contribution in [0.3, 0.4) is 0 Å². The number of hydrogen-bond acceptors (Lipinski definition) is 3. The van der Waals surface area contributed by atoms with Crippen LogP contribution in [-0.4, -0.2) is 25.7 Å². The van der Waals surface area contributed by atoms with Crippen LogP contribution in [-0.2, 0) is 14.9 Å². The molecule has 0 aromatic heterocycles. The van der Waals surface area contributed by atoms with Crippen LogP contribution in [0.2, 0.25) is 0 Å². The van der Waals surface area contributed by atoms with Gasteiger partial charge in [0.2, 0.25) is 0 Å². The van der Waals surface area contributed by atoms with Gasteiger partial charge in [-0.25, -0.2) is 8.78 Å². The predicted octanol–water partition coefficient (Wildman–Crippen LogP) is 1.37. The van der Waals surface area contributed by atoms with Crippen LogP contribution in [0.4, 0.5) is 8.78 Å². The van der Waals surface area contributed by atoms with Crippen LogP contribution in [0.1, 0.15) is 12.5 Å². The van der Waals surface area contributed by atoms with Crippen molar-refractivity contribution in [2.45, 2.75) is 18.4 Å². The van der Waals surface area contributed by atoms with Gasteiger partial charge in [-0.2, -0.15) is 0 Å². The predicted molar refractivity (Wildman–Crippen MR) is 57.5 cm³/mol. The molecule has 0 radical (unpaired) electrons. The molecule has 1 fully saturated rings. The van der Waals surface area contributed by atoms with Crippen molar-refractivity contribution in [3.05, 3.63) is 35.4 Å². The molecule has 1 N–H and O–H groups in total. The first-order chi connectivity index (χ1) is 8.02. The molecule has 1 aliphatic rings. The number of carbonyl (C=O) groups excluding carboxylic acids is 1. The zero-order chi connectivity index (χ0) is 12.6. The number of ether oxygens (including phenoxy) is 1. The van der Waals surface area contributed by atoms with Gasteiger partial charge in [0.1, 0.15) is 5.41 Å². The Kier molecular flexibility index (Phi) is 2.87. The van der Waals surface area contributed by atoms with Crippen molar-refractivity contribution in [1.82, 2.24) is 5.32 Å². The normalized spacial score (nSPS) is 27.4. The molecule has 3 nitrogen and oxygen atoms in total. The van der Waals surface area contributed by atoms with Crippen LogP contribution in [0.25, 0.3) is 0 Å². The zero-order valence-electron chi connectivity index (χ0n) is 9.59. The highest BCUT2D eigenvalue weighted by atomic mass is 19.2. The van der Waals surface area contributed by atoms with Crippen LogP contribution in [0, 0.1) is 11.6 Å². The van der Waals surface area contributed by atoms with E-state index in [1.807, 2.05) is 6.92 Å². The van der Waals surface area contributed by atoms with Crippen molar-refractivity contribution < 1.29 is 18.3 Å². The minimum Gasteiger partial charge on any atom is -0.468 e. The fourth-order valence-electron chi connectivity index (χ4n) is 2.18. The first kappa shape index (κ1) is 12.0. The molecule has 1 aromatic carbocycles. The topological polar surface area (TPSA) is 38.3 Å². The minimum atomic E-state index is -0.954. The summed E-state index contributed by atoms with van der Waals surface area (Å²) in [4.78, 5) is 11.8. The number of esters is 1. The van der Waals surface area contributed by atoms with Crippen molar-refractivity contribution in [2.75, 3.05) is 13.7 Å². The third kappa shape index (κ3) is 1.61. The van der Waals surface area contributed by atoms with Crippen molar-refractivity contribution in [2.24, 2.45) is 0 Å². The van der Waals surface area contributed by atoms with E-state index >= 15 is 0 Å². The Bertz CT molecular complexity index is 464. The lowest BCUT2D eigenvalue weighted by molar-refractivity contribution is -0.152. The van der Waals surface area contributed by atoms with E-state index in [4.69, 9.17) is 4.74 Å². The SMILES string of the molecule is COC(=O)C1(c2ccc(F)c(F)c2)CNC1C. The summed E-state index contributed by atoms with van der Waals surface area (Å²) in [5.74, 6) is -2.31. The Morgan fingerprint density at radius 3 is 2.59 bits per heavy atom. The van der Waals surface area contributed by atoms with E-state index in [1.54, 1.807) is 0 Å². The summed E-state index contributed by atoms with van der Waals surface area (Å²) in [6, 6.07) is 3.34. The third-order valence-electron chi connectivity index (χ3n) is 3.41. The van der Waals surface area contributed by atoms with E-state index in [2.05, 4.69) is 5.32 Å². The summed E-state index contributed by atoms with van der Waals surface area (Å²) in [6.07, 6.45) is 0. The standard InChI is InChI=1S/C12H13F2NO2/c1-7-12(6-15-7,11(16)17-2)8-3-4-9(13)10(14)5-8/h3-5,7,15H,6H2,1-2H3. The summed E-state index contributed by atoms with van der Waals surface area (Å²) in [5, 5.41) is 3.03. The van der Waals surface area contributed by atoms with E-state index in [9.17, 15) is 13.6 Å². The molecule has 0 spiro atoms. The number of benzene rings is 1. The number of methoxy groups -OCH3 is 1. The maximum absolute atomic E-state index is 13.2. The Balaban J connectivity index is 2.47. The quantitative estimate of drug-likeness (QED) is 0.795.